The SMILES string of the molecule is CCCCNC(=O)c1ccc(Cn2cccc2CN(CCC)C(=O)c2ccccc2)o1. The second-order valence-electron chi connectivity index (χ2n) is 7.60. The molecule has 6 heteroatoms. The van der Waals surface area contributed by atoms with Crippen LogP contribution in [0.5, 0.6) is 0 Å². The van der Waals surface area contributed by atoms with E-state index < -0.39 is 0 Å². The van der Waals surface area contributed by atoms with Crippen LogP contribution in [0.4, 0.5) is 0 Å². The minimum absolute atomic E-state index is 0.0271. The van der Waals surface area contributed by atoms with Crippen molar-refractivity contribution in [3.05, 3.63) is 83.6 Å². The summed E-state index contributed by atoms with van der Waals surface area (Å²) in [5.41, 5.74) is 1.71. The van der Waals surface area contributed by atoms with Gasteiger partial charge in [0.05, 0.1) is 13.1 Å². The van der Waals surface area contributed by atoms with Crippen LogP contribution in [0.1, 0.15) is 65.5 Å². The zero-order chi connectivity index (χ0) is 22.1. The van der Waals surface area contributed by atoms with E-state index in [-0.39, 0.29) is 11.8 Å². The van der Waals surface area contributed by atoms with Crippen LogP contribution in [-0.4, -0.2) is 34.4 Å². The van der Waals surface area contributed by atoms with Crippen LogP contribution < -0.4 is 5.32 Å². The molecule has 0 unspecified atom stereocenters. The molecule has 0 aliphatic rings. The van der Waals surface area contributed by atoms with E-state index in [9.17, 15) is 9.59 Å². The van der Waals surface area contributed by atoms with E-state index in [0.29, 0.717) is 43.3 Å². The van der Waals surface area contributed by atoms with Gasteiger partial charge in [0.15, 0.2) is 5.76 Å². The molecule has 0 saturated heterocycles. The van der Waals surface area contributed by atoms with Crippen LogP contribution in [0.15, 0.2) is 65.2 Å². The highest BCUT2D eigenvalue weighted by atomic mass is 16.4. The van der Waals surface area contributed by atoms with Crippen molar-refractivity contribution in [2.24, 2.45) is 0 Å². The fourth-order valence-corrected chi connectivity index (χ4v) is 3.45. The second kappa shape index (κ2) is 11.2. The van der Waals surface area contributed by atoms with Gasteiger partial charge in [-0.1, -0.05) is 38.5 Å². The number of amides is 2. The van der Waals surface area contributed by atoms with Gasteiger partial charge >= 0.3 is 0 Å². The van der Waals surface area contributed by atoms with Crippen molar-refractivity contribution >= 4 is 11.8 Å². The number of rotatable bonds is 11. The van der Waals surface area contributed by atoms with E-state index in [4.69, 9.17) is 4.42 Å². The van der Waals surface area contributed by atoms with Gasteiger partial charge in [-0.3, -0.25) is 9.59 Å². The summed E-state index contributed by atoms with van der Waals surface area (Å²) in [6.45, 7) is 6.50. The number of furan rings is 1. The zero-order valence-electron chi connectivity index (χ0n) is 18.3. The summed E-state index contributed by atoms with van der Waals surface area (Å²) in [6, 6.07) is 16.9. The molecular weight excluding hydrogens is 390 g/mol. The molecule has 1 N–H and O–H groups in total. The standard InChI is InChI=1S/C25H31N3O3/c1-3-5-15-26-24(29)23-14-13-22(31-23)19-27-17-9-12-21(27)18-28(16-4-2)25(30)20-10-7-6-8-11-20/h6-14,17H,3-5,15-16,18-19H2,1-2H3,(H,26,29). The maximum atomic E-state index is 13.0. The monoisotopic (exact) mass is 421 g/mol. The Labute approximate surface area is 183 Å². The van der Waals surface area contributed by atoms with E-state index in [2.05, 4.69) is 23.7 Å². The third kappa shape index (κ3) is 6.10. The Morgan fingerprint density at radius 1 is 1.00 bits per heavy atom. The summed E-state index contributed by atoms with van der Waals surface area (Å²) in [6.07, 6.45) is 4.83. The van der Waals surface area contributed by atoms with Crippen LogP contribution in [0, 0.1) is 0 Å². The average Bonchev–Trinajstić information content (AvgIpc) is 3.44. The van der Waals surface area contributed by atoms with Crippen molar-refractivity contribution in [1.82, 2.24) is 14.8 Å². The molecule has 0 fully saturated rings. The Kier molecular flexibility index (Phi) is 8.10. The summed E-state index contributed by atoms with van der Waals surface area (Å²) in [4.78, 5) is 27.0. The van der Waals surface area contributed by atoms with Gasteiger partial charge in [0.2, 0.25) is 0 Å². The third-order valence-electron chi connectivity index (χ3n) is 5.11. The minimum Gasteiger partial charge on any atom is -0.454 e. The van der Waals surface area contributed by atoms with E-state index in [1.54, 1.807) is 6.07 Å². The van der Waals surface area contributed by atoms with E-state index in [1.807, 2.05) is 59.6 Å². The molecule has 164 valence electrons. The molecule has 0 bridgehead atoms. The maximum Gasteiger partial charge on any atom is 0.286 e. The Balaban J connectivity index is 1.67. The number of aromatic nitrogens is 1. The number of hydrogen-bond donors (Lipinski definition) is 1. The molecule has 0 atom stereocenters. The number of carbonyl (C=O) groups is 2. The number of benzene rings is 1. The van der Waals surface area contributed by atoms with Crippen LogP contribution in [0.2, 0.25) is 0 Å². The highest BCUT2D eigenvalue weighted by Crippen LogP contribution is 2.15. The molecule has 2 heterocycles. The van der Waals surface area contributed by atoms with Crippen molar-refractivity contribution in [3.63, 3.8) is 0 Å². The topological polar surface area (TPSA) is 67.5 Å². The molecule has 2 aromatic heterocycles. The predicted octanol–water partition coefficient (Wildman–Crippen LogP) is 4.71. The van der Waals surface area contributed by atoms with Gasteiger partial charge in [-0.05, 0) is 49.2 Å². The number of hydrogen-bond acceptors (Lipinski definition) is 3. The van der Waals surface area contributed by atoms with Gasteiger partial charge in [-0.25, -0.2) is 0 Å². The van der Waals surface area contributed by atoms with Crippen LogP contribution in [-0.2, 0) is 13.1 Å². The summed E-state index contributed by atoms with van der Waals surface area (Å²) in [5.74, 6) is 0.871. The number of nitrogens with one attached hydrogen (secondary N) is 1. The second-order valence-corrected chi connectivity index (χ2v) is 7.60. The average molecular weight is 422 g/mol. The first kappa shape index (κ1) is 22.4. The lowest BCUT2D eigenvalue weighted by atomic mass is 10.2. The molecule has 0 saturated carbocycles. The smallest absolute Gasteiger partial charge is 0.286 e. The van der Waals surface area contributed by atoms with Crippen molar-refractivity contribution in [2.75, 3.05) is 13.1 Å². The molecule has 3 aromatic rings. The van der Waals surface area contributed by atoms with Crippen LogP contribution in [0.25, 0.3) is 0 Å². The molecule has 0 radical (unpaired) electrons. The summed E-state index contributed by atoms with van der Waals surface area (Å²) >= 11 is 0. The molecular formula is C25H31N3O3. The first-order valence-corrected chi connectivity index (χ1v) is 11.0. The summed E-state index contributed by atoms with van der Waals surface area (Å²) < 4.78 is 7.81. The molecule has 0 aliphatic heterocycles. The highest BCUT2D eigenvalue weighted by molar-refractivity contribution is 5.94. The van der Waals surface area contributed by atoms with Gasteiger partial charge in [-0.15, -0.1) is 0 Å². The maximum absolute atomic E-state index is 13.0. The zero-order valence-corrected chi connectivity index (χ0v) is 18.3. The first-order valence-electron chi connectivity index (χ1n) is 11.0. The Bertz CT molecular complexity index is 975. The highest BCUT2D eigenvalue weighted by Gasteiger charge is 2.17. The van der Waals surface area contributed by atoms with E-state index >= 15 is 0 Å². The van der Waals surface area contributed by atoms with Crippen molar-refractivity contribution in [2.45, 2.75) is 46.2 Å². The molecule has 0 spiro atoms. The largest absolute Gasteiger partial charge is 0.454 e. The van der Waals surface area contributed by atoms with Crippen LogP contribution in [0.3, 0.4) is 0 Å². The third-order valence-corrected chi connectivity index (χ3v) is 5.11. The summed E-state index contributed by atoms with van der Waals surface area (Å²) in [5, 5.41) is 2.87. The van der Waals surface area contributed by atoms with Gasteiger partial charge in [0.25, 0.3) is 11.8 Å². The number of carbonyl (C=O) groups excluding carboxylic acids is 2. The minimum atomic E-state index is -0.185. The molecule has 6 nitrogen and oxygen atoms in total. The molecule has 31 heavy (non-hydrogen) atoms. The molecule has 3 rings (SSSR count). The van der Waals surface area contributed by atoms with Crippen molar-refractivity contribution in [1.29, 1.82) is 0 Å². The van der Waals surface area contributed by atoms with Crippen molar-refractivity contribution < 1.29 is 14.0 Å². The number of unbranched alkanes of at least 4 members (excludes halogenated alkanes) is 1. The fraction of sp³-hybridized carbons (Fsp3) is 0.360. The fourth-order valence-electron chi connectivity index (χ4n) is 3.45. The normalized spacial score (nSPS) is 10.8. The van der Waals surface area contributed by atoms with Crippen LogP contribution >= 0.6 is 0 Å². The van der Waals surface area contributed by atoms with Gasteiger partial charge in [-0.2, -0.15) is 0 Å². The Morgan fingerprint density at radius 2 is 1.81 bits per heavy atom. The predicted molar refractivity (Wildman–Crippen MR) is 121 cm³/mol. The van der Waals surface area contributed by atoms with Gasteiger partial charge in [0, 0.05) is 30.5 Å². The Hall–Kier alpha value is -3.28. The molecule has 2 amide bonds. The lowest BCUT2D eigenvalue weighted by Crippen LogP contribution is -2.32. The van der Waals surface area contributed by atoms with Gasteiger partial charge < -0.3 is 19.2 Å². The quantitative estimate of drug-likeness (QED) is 0.456. The lowest BCUT2D eigenvalue weighted by Gasteiger charge is -2.23. The van der Waals surface area contributed by atoms with E-state index in [0.717, 1.165) is 25.0 Å². The Morgan fingerprint density at radius 3 is 2.55 bits per heavy atom. The lowest BCUT2D eigenvalue weighted by molar-refractivity contribution is 0.0739. The number of nitrogens with zero attached hydrogens (tertiary/aromatic N) is 2. The van der Waals surface area contributed by atoms with E-state index in [1.165, 1.54) is 0 Å². The summed E-state index contributed by atoms with van der Waals surface area (Å²) in [7, 11) is 0. The van der Waals surface area contributed by atoms with Gasteiger partial charge in [0.1, 0.15) is 5.76 Å². The molecule has 0 aliphatic carbocycles. The first-order chi connectivity index (χ1) is 15.1. The molecule has 1 aromatic carbocycles. The van der Waals surface area contributed by atoms with Crippen molar-refractivity contribution in [3.8, 4) is 0 Å².